The van der Waals surface area contributed by atoms with E-state index >= 15 is 0 Å². The lowest BCUT2D eigenvalue weighted by atomic mass is 10.2. The lowest BCUT2D eigenvalue weighted by Gasteiger charge is -2.00. The first kappa shape index (κ1) is 18.3. The molecule has 0 aromatic heterocycles. The topological polar surface area (TPSA) is 0 Å². The van der Waals surface area contributed by atoms with Crippen LogP contribution in [0.3, 0.4) is 0 Å². The van der Waals surface area contributed by atoms with E-state index in [0.29, 0.717) is 14.5 Å². The Labute approximate surface area is 150 Å². The molecule has 0 saturated heterocycles. The van der Waals surface area contributed by atoms with Crippen LogP contribution in [0.5, 0.6) is 0 Å². The molecule has 0 amide bonds. The zero-order valence-electron chi connectivity index (χ0n) is 10.4. The largest absolute Gasteiger partial charge is 0.246 e. The van der Waals surface area contributed by atoms with Crippen molar-refractivity contribution >= 4 is 63.7 Å². The molecule has 2 rings (SSSR count). The van der Waals surface area contributed by atoms with E-state index in [0.717, 1.165) is 14.5 Å². The second-order valence-corrected chi connectivity index (χ2v) is 7.29. The zero-order chi connectivity index (χ0) is 15.3. The monoisotopic (exact) mass is 532 g/mol. The molecule has 0 nitrogen and oxygen atoms in total. The average molecular weight is 536 g/mol. The number of rotatable bonds is 1. The zero-order valence-corrected chi connectivity index (χ0v) is 16.7. The fraction of sp³-hybridized carbons (Fsp3) is 0.143. The molecule has 0 N–H and O–H groups in total. The molecule has 0 radical (unpaired) electrons. The van der Waals surface area contributed by atoms with Crippen LogP contribution in [0.1, 0.15) is 11.1 Å². The first-order valence-electron chi connectivity index (χ1n) is 5.46. The van der Waals surface area contributed by atoms with Crippen LogP contribution in [-0.4, -0.2) is 0 Å². The Kier molecular flexibility index (Phi) is 7.87. The van der Waals surface area contributed by atoms with E-state index in [1.165, 1.54) is 0 Å². The highest BCUT2D eigenvalue weighted by molar-refractivity contribution is 9.11. The van der Waals surface area contributed by atoms with Crippen molar-refractivity contribution in [2.45, 2.75) is 13.6 Å². The van der Waals surface area contributed by atoms with Crippen molar-refractivity contribution in [1.29, 1.82) is 0 Å². The van der Waals surface area contributed by atoms with Crippen LogP contribution in [0.25, 0.3) is 0 Å². The van der Waals surface area contributed by atoms with Gasteiger partial charge in [-0.2, -0.15) is 0 Å². The summed E-state index contributed by atoms with van der Waals surface area (Å²) in [5, 5.41) is 0. The summed E-state index contributed by atoms with van der Waals surface area (Å²) >= 11 is 12.7. The molecule has 0 aliphatic carbocycles. The molecule has 20 heavy (non-hydrogen) atoms. The molecule has 0 spiro atoms. The molecule has 2 aromatic rings. The number of hydrogen-bond acceptors (Lipinski definition) is 0. The fourth-order valence-electron chi connectivity index (χ4n) is 1.34. The predicted octanol–water partition coefficient (Wildman–Crippen LogP) is 7.34. The van der Waals surface area contributed by atoms with Crippen molar-refractivity contribution in [2.75, 3.05) is 0 Å². The fourth-order valence-corrected chi connectivity index (χ4v) is 3.97. The SMILES string of the molecule is Cc1cc(Br)c(F)c(Br)c1.FCc1c(Br)cccc1Br. The molecule has 0 aliphatic rings. The third-order valence-electron chi connectivity index (χ3n) is 2.32. The number of halogens is 6. The molecule has 0 unspecified atom stereocenters. The molecule has 0 bridgehead atoms. The van der Waals surface area contributed by atoms with E-state index in [1.54, 1.807) is 12.1 Å². The van der Waals surface area contributed by atoms with Gasteiger partial charge < -0.3 is 0 Å². The van der Waals surface area contributed by atoms with Gasteiger partial charge in [0.2, 0.25) is 0 Å². The number of benzene rings is 2. The molecule has 2 aromatic carbocycles. The Bertz CT molecular complexity index is 556. The van der Waals surface area contributed by atoms with Crippen LogP contribution in [0.2, 0.25) is 0 Å². The van der Waals surface area contributed by atoms with Crippen molar-refractivity contribution in [3.8, 4) is 0 Å². The van der Waals surface area contributed by atoms with Gasteiger partial charge in [0.05, 0.1) is 8.95 Å². The van der Waals surface area contributed by atoms with Crippen molar-refractivity contribution in [2.24, 2.45) is 0 Å². The van der Waals surface area contributed by atoms with Gasteiger partial charge in [-0.05, 0) is 68.6 Å². The Morgan fingerprint density at radius 2 is 1.35 bits per heavy atom. The molecular weight excluding hydrogens is 526 g/mol. The quantitative estimate of drug-likeness (QED) is 0.335. The van der Waals surface area contributed by atoms with E-state index in [4.69, 9.17) is 0 Å². The number of hydrogen-bond donors (Lipinski definition) is 0. The maximum absolute atomic E-state index is 12.8. The summed E-state index contributed by atoms with van der Waals surface area (Å²) < 4.78 is 27.6. The van der Waals surface area contributed by atoms with Gasteiger partial charge in [-0.3, -0.25) is 0 Å². The van der Waals surface area contributed by atoms with Crippen molar-refractivity contribution in [3.05, 3.63) is 65.2 Å². The van der Waals surface area contributed by atoms with Crippen LogP contribution >= 0.6 is 63.7 Å². The molecular formula is C14H10Br4F2. The van der Waals surface area contributed by atoms with Gasteiger partial charge >= 0.3 is 0 Å². The van der Waals surface area contributed by atoms with Crippen molar-refractivity contribution in [3.63, 3.8) is 0 Å². The molecule has 6 heteroatoms. The molecule has 0 saturated carbocycles. The highest BCUT2D eigenvalue weighted by atomic mass is 79.9. The van der Waals surface area contributed by atoms with E-state index in [9.17, 15) is 8.78 Å². The van der Waals surface area contributed by atoms with Crippen molar-refractivity contribution < 1.29 is 8.78 Å². The summed E-state index contributed by atoms with van der Waals surface area (Å²) in [4.78, 5) is 0. The van der Waals surface area contributed by atoms with E-state index in [1.807, 2.05) is 25.1 Å². The van der Waals surface area contributed by atoms with Gasteiger partial charge in [-0.1, -0.05) is 37.9 Å². The normalized spacial score (nSPS) is 9.95. The van der Waals surface area contributed by atoms with Crippen LogP contribution in [0.15, 0.2) is 48.2 Å². The summed E-state index contributed by atoms with van der Waals surface area (Å²) in [6.07, 6.45) is 0. The summed E-state index contributed by atoms with van der Waals surface area (Å²) in [6.45, 7) is 1.47. The van der Waals surface area contributed by atoms with Gasteiger partial charge in [0.25, 0.3) is 0 Å². The minimum Gasteiger partial charge on any atom is -0.246 e. The molecule has 0 heterocycles. The highest BCUT2D eigenvalue weighted by Gasteiger charge is 2.03. The minimum absolute atomic E-state index is 0.245. The number of aryl methyl sites for hydroxylation is 1. The summed E-state index contributed by atoms with van der Waals surface area (Å²) in [5.74, 6) is -0.245. The Balaban J connectivity index is 0.000000200. The molecule has 0 atom stereocenters. The maximum atomic E-state index is 12.8. The second-order valence-electron chi connectivity index (χ2n) is 3.88. The summed E-state index contributed by atoms with van der Waals surface area (Å²) in [5.41, 5.74) is 1.70. The summed E-state index contributed by atoms with van der Waals surface area (Å²) in [6, 6.07) is 8.97. The van der Waals surface area contributed by atoms with Gasteiger partial charge in [-0.15, -0.1) is 0 Å². The van der Waals surface area contributed by atoms with E-state index < -0.39 is 6.67 Å². The van der Waals surface area contributed by atoms with E-state index in [2.05, 4.69) is 63.7 Å². The van der Waals surface area contributed by atoms with Gasteiger partial charge in [-0.25, -0.2) is 8.78 Å². The first-order valence-corrected chi connectivity index (χ1v) is 8.64. The lowest BCUT2D eigenvalue weighted by molar-refractivity contribution is 0.482. The Hall–Kier alpha value is 0.220. The third-order valence-corrected chi connectivity index (χ3v) is 4.96. The standard InChI is InChI=1S/2C7H5Br2F/c1-4-2-5(8)7(10)6(9)3-4;8-6-2-1-3-7(9)5(6)4-10/h2-3H,1H3;1-3H,4H2. The molecule has 0 aliphatic heterocycles. The second kappa shape index (κ2) is 8.61. The van der Waals surface area contributed by atoms with Crippen LogP contribution in [0, 0.1) is 12.7 Å². The van der Waals surface area contributed by atoms with Gasteiger partial charge in [0.1, 0.15) is 6.67 Å². The predicted molar refractivity (Wildman–Crippen MR) is 93.2 cm³/mol. The van der Waals surface area contributed by atoms with Crippen LogP contribution < -0.4 is 0 Å². The highest BCUT2D eigenvalue weighted by Crippen LogP contribution is 2.26. The smallest absolute Gasteiger partial charge is 0.151 e. The van der Waals surface area contributed by atoms with Crippen LogP contribution in [0.4, 0.5) is 8.78 Å². The third kappa shape index (κ3) is 5.20. The maximum Gasteiger partial charge on any atom is 0.151 e. The van der Waals surface area contributed by atoms with Crippen LogP contribution in [-0.2, 0) is 6.67 Å². The molecule has 0 fully saturated rings. The first-order chi connectivity index (χ1) is 9.36. The van der Waals surface area contributed by atoms with Crippen molar-refractivity contribution in [1.82, 2.24) is 0 Å². The molecule has 108 valence electrons. The Morgan fingerprint density at radius 3 is 1.70 bits per heavy atom. The summed E-state index contributed by atoms with van der Waals surface area (Å²) in [7, 11) is 0. The van der Waals surface area contributed by atoms with E-state index in [-0.39, 0.29) is 5.82 Å². The number of alkyl halides is 1. The van der Waals surface area contributed by atoms with Gasteiger partial charge in [0.15, 0.2) is 5.82 Å². The average Bonchev–Trinajstić information content (AvgIpc) is 2.37. The van der Waals surface area contributed by atoms with Gasteiger partial charge in [0, 0.05) is 14.5 Å². The Morgan fingerprint density at radius 1 is 0.900 bits per heavy atom. The minimum atomic E-state index is -0.442. The lowest BCUT2D eigenvalue weighted by Crippen LogP contribution is -1.81.